The number of rotatable bonds is 0. The Kier molecular flexibility index (Phi) is 2.04. The molecule has 7 heteroatoms. The van der Waals surface area contributed by atoms with Gasteiger partial charge in [-0.2, -0.15) is 13.2 Å². The van der Waals surface area contributed by atoms with E-state index in [0.717, 1.165) is 0 Å². The van der Waals surface area contributed by atoms with Crippen molar-refractivity contribution in [2.24, 2.45) is 0 Å². The van der Waals surface area contributed by atoms with E-state index in [2.05, 4.69) is 9.47 Å². The van der Waals surface area contributed by atoms with Gasteiger partial charge >= 0.3 is 6.18 Å². The van der Waals surface area contributed by atoms with Crippen molar-refractivity contribution in [1.82, 2.24) is 0 Å². The van der Waals surface area contributed by atoms with Gasteiger partial charge < -0.3 is 9.84 Å². The third kappa shape index (κ3) is 1.79. The molecule has 0 aromatic heterocycles. The summed E-state index contributed by atoms with van der Waals surface area (Å²) in [7, 11) is 0. The molecule has 1 heterocycles. The van der Waals surface area contributed by atoms with Crippen LogP contribution in [0, 0.1) is 0 Å². The fraction of sp³-hybridized carbons (Fsp3) is 1.00. The molecule has 66 valence electrons. The Morgan fingerprint density at radius 1 is 1.18 bits per heavy atom. The maximum atomic E-state index is 12.1. The summed E-state index contributed by atoms with van der Waals surface area (Å²) in [4.78, 5) is 0. The summed E-state index contributed by atoms with van der Waals surface area (Å²) in [5.74, 6) is 0. The van der Waals surface area contributed by atoms with Gasteiger partial charge in [-0.05, 0) is 0 Å². The molecule has 0 aromatic carbocycles. The van der Waals surface area contributed by atoms with Crippen LogP contribution in [0.5, 0.6) is 0 Å². The first kappa shape index (κ1) is 8.69. The van der Waals surface area contributed by atoms with Gasteiger partial charge in [0.1, 0.15) is 0 Å². The van der Waals surface area contributed by atoms with Gasteiger partial charge in [-0.3, -0.25) is 4.74 Å². The van der Waals surface area contributed by atoms with E-state index >= 15 is 0 Å². The van der Waals surface area contributed by atoms with Gasteiger partial charge in [-0.15, -0.1) is 0 Å². The van der Waals surface area contributed by atoms with Gasteiger partial charge in [0.2, 0.25) is 12.5 Å². The predicted molar refractivity (Wildman–Crippen MR) is 22.9 cm³/mol. The summed E-state index contributed by atoms with van der Waals surface area (Å²) in [6.07, 6.45) is -10.2. The van der Waals surface area contributed by atoms with E-state index in [1.165, 1.54) is 0 Å². The highest BCUT2D eigenvalue weighted by Crippen LogP contribution is 2.32. The van der Waals surface area contributed by atoms with Gasteiger partial charge in [0.05, 0.1) is 0 Å². The molecule has 0 radical (unpaired) electrons. The van der Waals surface area contributed by atoms with Gasteiger partial charge in [-0.25, -0.2) is 4.39 Å². The van der Waals surface area contributed by atoms with Crippen molar-refractivity contribution in [3.8, 4) is 0 Å². The summed E-state index contributed by atoms with van der Waals surface area (Å²) in [5.41, 5.74) is 0. The zero-order valence-electron chi connectivity index (χ0n) is 5.01. The number of hydrogen-bond donors (Lipinski definition) is 1. The summed E-state index contributed by atoms with van der Waals surface area (Å²) in [6.45, 7) is -2.13. The molecule has 0 spiro atoms. The standard InChI is InChI=1S/C4H4F4O3/c5-2-1(4(6,7)8)10-3(9)11-2/h1-3,9H/t1?,2-,3?/m0/s1. The Bertz CT molecular complexity index is 147. The number of halogens is 4. The average molecular weight is 176 g/mol. The van der Waals surface area contributed by atoms with Crippen molar-refractivity contribution < 1.29 is 32.1 Å². The second-order valence-electron chi connectivity index (χ2n) is 1.89. The topological polar surface area (TPSA) is 38.7 Å². The van der Waals surface area contributed by atoms with Crippen LogP contribution in [0.3, 0.4) is 0 Å². The Morgan fingerprint density at radius 3 is 1.91 bits per heavy atom. The van der Waals surface area contributed by atoms with Crippen LogP contribution in [0.2, 0.25) is 0 Å². The molecule has 2 unspecified atom stereocenters. The highest BCUT2D eigenvalue weighted by atomic mass is 19.4. The van der Waals surface area contributed by atoms with Crippen LogP contribution in [0.15, 0.2) is 0 Å². The Balaban J connectivity index is 2.60. The fourth-order valence-corrected chi connectivity index (χ4v) is 0.628. The molecule has 0 saturated carbocycles. The van der Waals surface area contributed by atoms with Gasteiger partial charge in [-0.1, -0.05) is 0 Å². The van der Waals surface area contributed by atoms with Crippen molar-refractivity contribution in [3.63, 3.8) is 0 Å². The van der Waals surface area contributed by atoms with Crippen LogP contribution in [-0.2, 0) is 9.47 Å². The summed E-state index contributed by atoms with van der Waals surface area (Å²) in [5, 5.41) is 8.25. The molecule has 1 rings (SSSR count). The predicted octanol–water partition coefficient (Wildman–Crippen LogP) is 0.536. The SMILES string of the molecule is OC1OC(C(F)(F)F)[C@@H](F)O1. The summed E-state index contributed by atoms with van der Waals surface area (Å²) >= 11 is 0. The monoisotopic (exact) mass is 176 g/mol. The lowest BCUT2D eigenvalue weighted by molar-refractivity contribution is -0.256. The Morgan fingerprint density at radius 2 is 1.73 bits per heavy atom. The number of aliphatic hydroxyl groups excluding tert-OH is 1. The molecule has 0 aliphatic carbocycles. The lowest BCUT2D eigenvalue weighted by atomic mass is 10.3. The van der Waals surface area contributed by atoms with E-state index in [-0.39, 0.29) is 0 Å². The minimum absolute atomic E-state index is 2.13. The molecule has 1 saturated heterocycles. The third-order valence-corrected chi connectivity index (χ3v) is 1.07. The molecular formula is C4H4F4O3. The van der Waals surface area contributed by atoms with Crippen LogP contribution in [0.4, 0.5) is 17.6 Å². The zero-order valence-corrected chi connectivity index (χ0v) is 5.01. The van der Waals surface area contributed by atoms with Crippen LogP contribution in [0.25, 0.3) is 0 Å². The second-order valence-corrected chi connectivity index (χ2v) is 1.89. The van der Waals surface area contributed by atoms with E-state index in [1.807, 2.05) is 0 Å². The second kappa shape index (κ2) is 2.58. The molecule has 1 aliphatic heterocycles. The molecule has 1 N–H and O–H groups in total. The maximum Gasteiger partial charge on any atom is 0.420 e. The molecule has 3 nitrogen and oxygen atoms in total. The molecular weight excluding hydrogens is 172 g/mol. The zero-order chi connectivity index (χ0) is 8.65. The van der Waals surface area contributed by atoms with E-state index in [0.29, 0.717) is 0 Å². The van der Waals surface area contributed by atoms with Crippen LogP contribution in [0.1, 0.15) is 0 Å². The van der Waals surface area contributed by atoms with Crippen molar-refractivity contribution in [2.45, 2.75) is 25.1 Å². The molecule has 3 atom stereocenters. The largest absolute Gasteiger partial charge is 0.420 e. The van der Waals surface area contributed by atoms with Crippen LogP contribution >= 0.6 is 0 Å². The quantitative estimate of drug-likeness (QED) is 0.547. The summed E-state index contributed by atoms with van der Waals surface area (Å²) < 4.78 is 54.3. The Labute approximate surface area is 58.5 Å². The molecule has 0 aromatic rings. The number of alkyl halides is 4. The molecule has 1 aliphatic rings. The van der Waals surface area contributed by atoms with Gasteiger partial charge in [0.25, 0.3) is 6.48 Å². The first-order valence-electron chi connectivity index (χ1n) is 2.61. The van der Waals surface area contributed by atoms with Crippen LogP contribution in [-0.4, -0.2) is 30.2 Å². The van der Waals surface area contributed by atoms with Gasteiger partial charge in [0.15, 0.2) is 0 Å². The fourth-order valence-electron chi connectivity index (χ4n) is 0.628. The van der Waals surface area contributed by atoms with Crippen molar-refractivity contribution in [2.75, 3.05) is 0 Å². The first-order chi connectivity index (χ1) is 4.91. The molecule has 0 amide bonds. The van der Waals surface area contributed by atoms with Crippen LogP contribution < -0.4 is 0 Å². The maximum absolute atomic E-state index is 12.1. The van der Waals surface area contributed by atoms with E-state index in [9.17, 15) is 17.6 Å². The van der Waals surface area contributed by atoms with E-state index in [1.54, 1.807) is 0 Å². The first-order valence-corrected chi connectivity index (χ1v) is 2.61. The minimum Gasteiger partial charge on any atom is -0.346 e. The van der Waals surface area contributed by atoms with Crippen molar-refractivity contribution >= 4 is 0 Å². The molecule has 11 heavy (non-hydrogen) atoms. The smallest absolute Gasteiger partial charge is 0.346 e. The van der Waals surface area contributed by atoms with E-state index in [4.69, 9.17) is 5.11 Å². The lowest BCUT2D eigenvalue weighted by Gasteiger charge is -2.13. The highest BCUT2D eigenvalue weighted by Gasteiger charge is 2.53. The Hall–Kier alpha value is -0.400. The van der Waals surface area contributed by atoms with Gasteiger partial charge in [0, 0.05) is 0 Å². The average Bonchev–Trinajstić information content (AvgIpc) is 2.08. The number of aliphatic hydroxyl groups is 1. The van der Waals surface area contributed by atoms with Crippen molar-refractivity contribution in [1.29, 1.82) is 0 Å². The lowest BCUT2D eigenvalue weighted by Crippen LogP contribution is -2.35. The molecule has 1 fully saturated rings. The molecule has 0 bridgehead atoms. The highest BCUT2D eigenvalue weighted by molar-refractivity contribution is 4.74. The summed E-state index contributed by atoms with van der Waals surface area (Å²) in [6, 6.07) is 0. The number of hydrogen-bond acceptors (Lipinski definition) is 3. The van der Waals surface area contributed by atoms with Crippen molar-refractivity contribution in [3.05, 3.63) is 0 Å². The minimum atomic E-state index is -4.85. The normalized spacial score (nSPS) is 39.5. The third-order valence-electron chi connectivity index (χ3n) is 1.07. The number of ether oxygens (including phenoxy) is 2. The van der Waals surface area contributed by atoms with E-state index < -0.39 is 25.1 Å².